The molecule has 0 aliphatic heterocycles. The summed E-state index contributed by atoms with van der Waals surface area (Å²) in [5.74, 6) is 2.11. The van der Waals surface area contributed by atoms with Crippen molar-refractivity contribution >= 4 is 27.7 Å². The van der Waals surface area contributed by atoms with E-state index in [-0.39, 0.29) is 6.04 Å². The Morgan fingerprint density at radius 2 is 2.22 bits per heavy atom. The highest BCUT2D eigenvalue weighted by Crippen LogP contribution is 2.24. The lowest BCUT2D eigenvalue weighted by atomic mass is 10.3. The smallest absolute Gasteiger partial charge is 0.224 e. The highest BCUT2D eigenvalue weighted by Gasteiger charge is 2.13. The molecule has 0 bridgehead atoms. The third kappa shape index (κ3) is 2.58. The summed E-state index contributed by atoms with van der Waals surface area (Å²) in [6.45, 7) is 2.00. The number of aromatic nitrogens is 5. The number of rotatable bonds is 4. The number of hydrogen-bond acceptors (Lipinski definition) is 6. The number of nitrogens with zero attached hydrogens (tertiary/aromatic N) is 5. The lowest BCUT2D eigenvalue weighted by Gasteiger charge is -2.15. The van der Waals surface area contributed by atoms with Crippen LogP contribution in [-0.4, -0.2) is 31.8 Å². The van der Waals surface area contributed by atoms with E-state index in [1.165, 1.54) is 0 Å². The minimum Gasteiger partial charge on any atom is -0.359 e. The predicted octanol–water partition coefficient (Wildman–Crippen LogP) is 1.58. The average molecular weight is 312 g/mol. The van der Waals surface area contributed by atoms with Crippen LogP contribution in [0, 0.1) is 0 Å². The molecule has 0 aliphatic carbocycles. The third-order valence-corrected chi connectivity index (χ3v) is 3.03. The molecule has 0 radical (unpaired) electrons. The van der Waals surface area contributed by atoms with Crippen LogP contribution in [0.25, 0.3) is 0 Å². The van der Waals surface area contributed by atoms with Crippen LogP contribution in [0.1, 0.15) is 18.8 Å². The summed E-state index contributed by atoms with van der Waals surface area (Å²) in [7, 11) is 3.68. The molecule has 2 N–H and O–H groups in total. The van der Waals surface area contributed by atoms with E-state index in [4.69, 9.17) is 0 Å². The van der Waals surface area contributed by atoms with Crippen LogP contribution in [0.5, 0.6) is 0 Å². The summed E-state index contributed by atoms with van der Waals surface area (Å²) in [5, 5.41) is 14.1. The normalized spacial score (nSPS) is 12.2. The lowest BCUT2D eigenvalue weighted by Crippen LogP contribution is -2.14. The minimum absolute atomic E-state index is 0.00611. The van der Waals surface area contributed by atoms with Crippen LogP contribution in [0.15, 0.2) is 17.0 Å². The van der Waals surface area contributed by atoms with Gasteiger partial charge in [-0.3, -0.25) is 0 Å². The van der Waals surface area contributed by atoms with Crippen molar-refractivity contribution in [3.63, 3.8) is 0 Å². The Morgan fingerprint density at radius 3 is 2.83 bits per heavy atom. The van der Waals surface area contributed by atoms with Crippen LogP contribution in [0.3, 0.4) is 0 Å². The van der Waals surface area contributed by atoms with Gasteiger partial charge in [-0.05, 0) is 22.9 Å². The van der Waals surface area contributed by atoms with E-state index in [2.05, 4.69) is 46.7 Å². The maximum Gasteiger partial charge on any atom is 0.224 e. The molecule has 96 valence electrons. The quantitative estimate of drug-likeness (QED) is 0.892. The summed E-state index contributed by atoms with van der Waals surface area (Å²) < 4.78 is 2.67. The maximum atomic E-state index is 4.33. The average Bonchev–Trinajstić information content (AvgIpc) is 2.78. The largest absolute Gasteiger partial charge is 0.359 e. The fourth-order valence-corrected chi connectivity index (χ4v) is 1.85. The fraction of sp³-hybridized carbons (Fsp3) is 0.400. The Kier molecular flexibility index (Phi) is 3.75. The van der Waals surface area contributed by atoms with E-state index >= 15 is 0 Å². The Labute approximate surface area is 113 Å². The first-order chi connectivity index (χ1) is 8.61. The van der Waals surface area contributed by atoms with E-state index in [1.807, 2.05) is 18.5 Å². The van der Waals surface area contributed by atoms with Crippen molar-refractivity contribution in [2.24, 2.45) is 7.05 Å². The Hall–Kier alpha value is -1.70. The standard InChI is InChI=1S/C10H14BrN7/c1-6(9-17-14-5-18(9)3)15-8-7(11)4-13-10(12-2)16-8/h4-6H,1-3H3,(H2,12,13,15,16). The monoisotopic (exact) mass is 311 g/mol. The predicted molar refractivity (Wildman–Crippen MR) is 72.3 cm³/mol. The van der Waals surface area contributed by atoms with Crippen LogP contribution in [0.4, 0.5) is 11.8 Å². The van der Waals surface area contributed by atoms with Crippen molar-refractivity contribution in [3.8, 4) is 0 Å². The second kappa shape index (κ2) is 5.30. The molecular formula is C10H14BrN7. The zero-order valence-corrected chi connectivity index (χ0v) is 11.9. The van der Waals surface area contributed by atoms with E-state index < -0.39 is 0 Å². The van der Waals surface area contributed by atoms with Crippen LogP contribution in [-0.2, 0) is 7.05 Å². The van der Waals surface area contributed by atoms with Gasteiger partial charge in [-0.15, -0.1) is 10.2 Å². The van der Waals surface area contributed by atoms with Crippen molar-refractivity contribution < 1.29 is 0 Å². The molecule has 2 heterocycles. The van der Waals surface area contributed by atoms with E-state index in [0.717, 1.165) is 10.3 Å². The molecule has 0 saturated carbocycles. The number of halogens is 1. The fourth-order valence-electron chi connectivity index (χ4n) is 1.54. The lowest BCUT2D eigenvalue weighted by molar-refractivity contribution is 0.715. The van der Waals surface area contributed by atoms with E-state index in [0.29, 0.717) is 11.8 Å². The van der Waals surface area contributed by atoms with Gasteiger partial charge in [-0.1, -0.05) is 0 Å². The summed E-state index contributed by atoms with van der Waals surface area (Å²) in [5.41, 5.74) is 0. The van der Waals surface area contributed by atoms with Crippen LogP contribution in [0.2, 0.25) is 0 Å². The van der Waals surface area contributed by atoms with Gasteiger partial charge in [0.25, 0.3) is 0 Å². The molecule has 0 saturated heterocycles. The zero-order valence-electron chi connectivity index (χ0n) is 10.3. The maximum absolute atomic E-state index is 4.33. The van der Waals surface area contributed by atoms with Crippen LogP contribution >= 0.6 is 15.9 Å². The van der Waals surface area contributed by atoms with Gasteiger partial charge < -0.3 is 15.2 Å². The van der Waals surface area contributed by atoms with Crippen molar-refractivity contribution in [1.82, 2.24) is 24.7 Å². The SMILES string of the molecule is CNc1ncc(Br)c(NC(C)c2nncn2C)n1. The zero-order chi connectivity index (χ0) is 13.1. The highest BCUT2D eigenvalue weighted by atomic mass is 79.9. The van der Waals surface area contributed by atoms with Gasteiger partial charge in [-0.2, -0.15) is 4.98 Å². The summed E-state index contributed by atoms with van der Waals surface area (Å²) in [4.78, 5) is 8.44. The molecule has 2 aromatic rings. The Balaban J connectivity index is 2.21. The second-order valence-corrected chi connectivity index (χ2v) is 4.66. The van der Waals surface area contributed by atoms with Crippen LogP contribution < -0.4 is 10.6 Å². The van der Waals surface area contributed by atoms with Gasteiger partial charge in [0, 0.05) is 20.3 Å². The topological polar surface area (TPSA) is 80.5 Å². The molecule has 7 nitrogen and oxygen atoms in total. The van der Waals surface area contributed by atoms with Gasteiger partial charge in [0.05, 0.1) is 10.5 Å². The van der Waals surface area contributed by atoms with Gasteiger partial charge in [0.15, 0.2) is 5.82 Å². The van der Waals surface area contributed by atoms with E-state index in [9.17, 15) is 0 Å². The first kappa shape index (κ1) is 12.7. The van der Waals surface area contributed by atoms with E-state index in [1.54, 1.807) is 19.6 Å². The molecule has 2 rings (SSSR count). The van der Waals surface area contributed by atoms with Crippen molar-refractivity contribution in [2.45, 2.75) is 13.0 Å². The second-order valence-electron chi connectivity index (χ2n) is 3.81. The molecule has 0 spiro atoms. The van der Waals surface area contributed by atoms with Gasteiger partial charge >= 0.3 is 0 Å². The Morgan fingerprint density at radius 1 is 1.44 bits per heavy atom. The number of aryl methyl sites for hydroxylation is 1. The third-order valence-electron chi connectivity index (χ3n) is 2.45. The molecule has 8 heteroatoms. The molecule has 1 atom stereocenters. The van der Waals surface area contributed by atoms with Crippen molar-refractivity contribution in [3.05, 3.63) is 22.8 Å². The molecule has 2 aromatic heterocycles. The van der Waals surface area contributed by atoms with Gasteiger partial charge in [0.1, 0.15) is 12.1 Å². The van der Waals surface area contributed by atoms with Gasteiger partial charge in [0.2, 0.25) is 5.95 Å². The number of anilines is 2. The molecule has 18 heavy (non-hydrogen) atoms. The highest BCUT2D eigenvalue weighted by molar-refractivity contribution is 9.10. The minimum atomic E-state index is -0.00611. The molecule has 1 unspecified atom stereocenters. The Bertz CT molecular complexity index is 539. The van der Waals surface area contributed by atoms with Crippen molar-refractivity contribution in [2.75, 3.05) is 17.7 Å². The number of nitrogens with one attached hydrogen (secondary N) is 2. The molecule has 0 amide bonds. The number of hydrogen-bond donors (Lipinski definition) is 2. The molecule has 0 fully saturated rings. The van der Waals surface area contributed by atoms with Crippen molar-refractivity contribution in [1.29, 1.82) is 0 Å². The summed E-state index contributed by atoms with van der Waals surface area (Å²) in [6, 6.07) is -0.00611. The first-order valence-electron chi connectivity index (χ1n) is 5.42. The molecular weight excluding hydrogens is 298 g/mol. The first-order valence-corrected chi connectivity index (χ1v) is 6.22. The summed E-state index contributed by atoms with van der Waals surface area (Å²) >= 11 is 3.41. The molecule has 0 aromatic carbocycles. The molecule has 0 aliphatic rings. The van der Waals surface area contributed by atoms with Gasteiger partial charge in [-0.25, -0.2) is 4.98 Å². The summed E-state index contributed by atoms with van der Waals surface area (Å²) in [6.07, 6.45) is 3.37.